The first-order valence-electron chi connectivity index (χ1n) is 5.28. The van der Waals surface area contributed by atoms with Crippen LogP contribution in [-0.2, 0) is 4.79 Å². The number of amides is 1. The van der Waals surface area contributed by atoms with Crippen molar-refractivity contribution < 1.29 is 4.79 Å². The Morgan fingerprint density at radius 1 is 1.73 bits per heavy atom. The maximum Gasteiger partial charge on any atom is 0.237 e. The molecule has 2 unspecified atom stereocenters. The van der Waals surface area contributed by atoms with Gasteiger partial charge in [-0.05, 0) is 18.9 Å². The van der Waals surface area contributed by atoms with Crippen molar-refractivity contribution in [3.63, 3.8) is 0 Å². The van der Waals surface area contributed by atoms with Gasteiger partial charge in [0, 0.05) is 12.3 Å². The van der Waals surface area contributed by atoms with Crippen molar-refractivity contribution in [3.8, 4) is 12.3 Å². The minimum Gasteiger partial charge on any atom is -0.354 e. The molecule has 4 heteroatoms. The number of hydrogen-bond acceptors (Lipinski definition) is 3. The molecule has 1 aliphatic heterocycles. The monoisotopic (exact) mass is 226 g/mol. The molecule has 2 atom stereocenters. The van der Waals surface area contributed by atoms with E-state index in [9.17, 15) is 4.79 Å². The minimum atomic E-state index is 0.00244. The van der Waals surface area contributed by atoms with E-state index in [0.29, 0.717) is 18.2 Å². The van der Waals surface area contributed by atoms with Gasteiger partial charge in [-0.3, -0.25) is 4.79 Å². The van der Waals surface area contributed by atoms with Gasteiger partial charge < -0.3 is 10.6 Å². The van der Waals surface area contributed by atoms with E-state index in [1.54, 1.807) is 11.8 Å². The Bertz CT molecular complexity index is 249. The topological polar surface area (TPSA) is 41.1 Å². The van der Waals surface area contributed by atoms with E-state index >= 15 is 0 Å². The average molecular weight is 226 g/mol. The summed E-state index contributed by atoms with van der Waals surface area (Å²) in [6.45, 7) is 3.76. The van der Waals surface area contributed by atoms with Crippen molar-refractivity contribution in [1.29, 1.82) is 0 Å². The molecule has 1 fully saturated rings. The van der Waals surface area contributed by atoms with E-state index in [4.69, 9.17) is 6.42 Å². The first kappa shape index (κ1) is 12.4. The highest BCUT2D eigenvalue weighted by Crippen LogP contribution is 2.14. The molecule has 1 amide bonds. The number of terminal acetylenes is 1. The van der Waals surface area contributed by atoms with Gasteiger partial charge in [0.2, 0.25) is 5.91 Å². The maximum atomic E-state index is 11.7. The second-order valence-electron chi connectivity index (χ2n) is 3.75. The summed E-state index contributed by atoms with van der Waals surface area (Å²) in [4.78, 5) is 11.7. The molecule has 15 heavy (non-hydrogen) atoms. The van der Waals surface area contributed by atoms with Crippen LogP contribution < -0.4 is 10.6 Å². The third kappa shape index (κ3) is 4.15. The highest BCUT2D eigenvalue weighted by atomic mass is 32.2. The second-order valence-corrected chi connectivity index (χ2v) is 4.85. The van der Waals surface area contributed by atoms with Crippen LogP contribution in [-0.4, -0.2) is 36.5 Å². The lowest BCUT2D eigenvalue weighted by Gasteiger charge is -2.14. The molecule has 0 spiro atoms. The highest BCUT2D eigenvalue weighted by molar-refractivity contribution is 7.99. The molecule has 0 aromatic heterocycles. The lowest BCUT2D eigenvalue weighted by Crippen LogP contribution is -2.43. The summed E-state index contributed by atoms with van der Waals surface area (Å²) in [6.07, 6.45) is 6.21. The molecule has 0 aromatic carbocycles. The van der Waals surface area contributed by atoms with Gasteiger partial charge in [0.25, 0.3) is 0 Å². The molecule has 0 aliphatic carbocycles. The van der Waals surface area contributed by atoms with Crippen molar-refractivity contribution >= 4 is 17.7 Å². The van der Waals surface area contributed by atoms with E-state index < -0.39 is 0 Å². The third-order valence-electron chi connectivity index (χ3n) is 2.55. The predicted octanol–water partition coefficient (Wildman–Crippen LogP) is 0.467. The van der Waals surface area contributed by atoms with E-state index in [2.05, 4.69) is 23.5 Å². The lowest BCUT2D eigenvalue weighted by atomic mass is 10.0. The Labute approximate surface area is 95.8 Å². The fourth-order valence-electron chi connectivity index (χ4n) is 1.67. The van der Waals surface area contributed by atoms with Crippen LogP contribution in [0.1, 0.15) is 13.3 Å². The summed E-state index contributed by atoms with van der Waals surface area (Å²) in [5.41, 5.74) is 0. The van der Waals surface area contributed by atoms with Gasteiger partial charge in [-0.1, -0.05) is 12.8 Å². The number of rotatable bonds is 5. The summed E-state index contributed by atoms with van der Waals surface area (Å²) >= 11 is 1.67. The van der Waals surface area contributed by atoms with E-state index in [1.165, 1.54) is 0 Å². The number of carbonyl (C=O) groups excluding carboxylic acids is 1. The Kier molecular flexibility index (Phi) is 5.59. The van der Waals surface area contributed by atoms with Gasteiger partial charge in [-0.15, -0.1) is 18.2 Å². The zero-order valence-electron chi connectivity index (χ0n) is 9.08. The molecule has 0 aromatic rings. The van der Waals surface area contributed by atoms with Gasteiger partial charge in [-0.2, -0.15) is 0 Å². The summed E-state index contributed by atoms with van der Waals surface area (Å²) in [5.74, 6) is 4.73. The molecular formula is C11H18N2OS. The van der Waals surface area contributed by atoms with Gasteiger partial charge in [0.05, 0.1) is 11.8 Å². The Morgan fingerprint density at radius 2 is 2.53 bits per heavy atom. The first-order chi connectivity index (χ1) is 7.25. The van der Waals surface area contributed by atoms with Gasteiger partial charge in [0.15, 0.2) is 0 Å². The standard InChI is InChI=1S/C11H18N2OS/c1-3-7-15-8-6-13-11(14)10-9(2)4-5-12-10/h1,9-10,12H,4-8H2,2H3,(H,13,14). The normalized spacial score (nSPS) is 24.8. The van der Waals surface area contributed by atoms with Crippen LogP contribution in [0.2, 0.25) is 0 Å². The predicted molar refractivity (Wildman–Crippen MR) is 64.7 cm³/mol. The van der Waals surface area contributed by atoms with Crippen molar-refractivity contribution in [1.82, 2.24) is 10.6 Å². The minimum absolute atomic E-state index is 0.00244. The summed E-state index contributed by atoms with van der Waals surface area (Å²) in [7, 11) is 0. The van der Waals surface area contributed by atoms with E-state index in [0.717, 1.165) is 18.7 Å². The van der Waals surface area contributed by atoms with E-state index in [-0.39, 0.29) is 11.9 Å². The van der Waals surface area contributed by atoms with Crippen LogP contribution >= 0.6 is 11.8 Å². The molecule has 0 bridgehead atoms. The van der Waals surface area contributed by atoms with Crippen LogP contribution in [0, 0.1) is 18.3 Å². The third-order valence-corrected chi connectivity index (χ3v) is 3.41. The molecule has 0 radical (unpaired) electrons. The zero-order valence-corrected chi connectivity index (χ0v) is 9.90. The average Bonchev–Trinajstić information content (AvgIpc) is 2.64. The number of hydrogen-bond donors (Lipinski definition) is 2. The van der Waals surface area contributed by atoms with Crippen molar-refractivity contribution in [2.45, 2.75) is 19.4 Å². The Morgan fingerprint density at radius 3 is 3.13 bits per heavy atom. The molecule has 2 N–H and O–H groups in total. The van der Waals surface area contributed by atoms with Gasteiger partial charge in [0.1, 0.15) is 0 Å². The van der Waals surface area contributed by atoms with Crippen LogP contribution in [0.5, 0.6) is 0 Å². The SMILES string of the molecule is C#CCSCCNC(=O)C1NCCC1C. The largest absolute Gasteiger partial charge is 0.354 e. The smallest absolute Gasteiger partial charge is 0.237 e. The van der Waals surface area contributed by atoms with Crippen LogP contribution in [0.4, 0.5) is 0 Å². The molecule has 1 heterocycles. The van der Waals surface area contributed by atoms with E-state index in [1.807, 2.05) is 0 Å². The lowest BCUT2D eigenvalue weighted by molar-refractivity contribution is -0.123. The molecule has 1 saturated heterocycles. The highest BCUT2D eigenvalue weighted by Gasteiger charge is 2.28. The second kappa shape index (κ2) is 6.76. The van der Waals surface area contributed by atoms with Gasteiger partial charge in [-0.25, -0.2) is 0 Å². The Hall–Kier alpha value is -0.660. The summed E-state index contributed by atoms with van der Waals surface area (Å²) in [5, 5.41) is 6.13. The number of carbonyl (C=O) groups is 1. The molecular weight excluding hydrogens is 208 g/mol. The van der Waals surface area contributed by atoms with Crippen LogP contribution in [0.25, 0.3) is 0 Å². The summed E-state index contributed by atoms with van der Waals surface area (Å²) < 4.78 is 0. The molecule has 1 rings (SSSR count). The molecule has 84 valence electrons. The fraction of sp³-hybridized carbons (Fsp3) is 0.727. The van der Waals surface area contributed by atoms with Crippen molar-refractivity contribution in [2.24, 2.45) is 5.92 Å². The van der Waals surface area contributed by atoms with Crippen LogP contribution in [0.15, 0.2) is 0 Å². The van der Waals surface area contributed by atoms with Crippen molar-refractivity contribution in [3.05, 3.63) is 0 Å². The molecule has 1 aliphatic rings. The quantitative estimate of drug-likeness (QED) is 0.529. The van der Waals surface area contributed by atoms with Crippen molar-refractivity contribution in [2.75, 3.05) is 24.6 Å². The number of thioether (sulfide) groups is 1. The first-order valence-corrected chi connectivity index (χ1v) is 6.43. The summed E-state index contributed by atoms with van der Waals surface area (Å²) in [6, 6.07) is 0.00244. The Balaban J connectivity index is 2.11. The van der Waals surface area contributed by atoms with Crippen LogP contribution in [0.3, 0.4) is 0 Å². The fourth-order valence-corrected chi connectivity index (χ4v) is 2.18. The number of nitrogens with one attached hydrogen (secondary N) is 2. The molecule has 0 saturated carbocycles. The van der Waals surface area contributed by atoms with Gasteiger partial charge >= 0.3 is 0 Å². The zero-order chi connectivity index (χ0) is 11.1. The molecule has 3 nitrogen and oxygen atoms in total. The maximum absolute atomic E-state index is 11.7.